The molecule has 0 aliphatic carbocycles. The molecule has 1 amide bonds. The first kappa shape index (κ1) is 19.6. The summed E-state index contributed by atoms with van der Waals surface area (Å²) in [5.41, 5.74) is 2.14. The zero-order valence-corrected chi connectivity index (χ0v) is 16.1. The van der Waals surface area contributed by atoms with Crippen LogP contribution in [0.4, 0.5) is 11.5 Å². The van der Waals surface area contributed by atoms with E-state index in [-0.39, 0.29) is 18.2 Å². The van der Waals surface area contributed by atoms with Crippen LogP contribution in [0.5, 0.6) is 5.75 Å². The highest BCUT2D eigenvalue weighted by Gasteiger charge is 2.21. The van der Waals surface area contributed by atoms with Crippen LogP contribution in [0.15, 0.2) is 36.5 Å². The van der Waals surface area contributed by atoms with Gasteiger partial charge in [0.25, 0.3) is 11.6 Å². The second-order valence-electron chi connectivity index (χ2n) is 6.84. The number of benzene rings is 1. The van der Waals surface area contributed by atoms with E-state index in [2.05, 4.69) is 4.98 Å². The Hall–Kier alpha value is -3.16. The number of nitrogens with zero attached hydrogens (tertiary/aromatic N) is 4. The van der Waals surface area contributed by atoms with Crippen LogP contribution in [0.1, 0.15) is 17.5 Å². The summed E-state index contributed by atoms with van der Waals surface area (Å²) < 4.78 is 5.74. The number of aryl methyl sites for hydroxylation is 1. The molecule has 28 heavy (non-hydrogen) atoms. The van der Waals surface area contributed by atoms with E-state index in [0.29, 0.717) is 25.5 Å². The van der Waals surface area contributed by atoms with Gasteiger partial charge in [-0.15, -0.1) is 0 Å². The molecule has 8 nitrogen and oxygen atoms in total. The molecule has 0 N–H and O–H groups in total. The van der Waals surface area contributed by atoms with E-state index in [4.69, 9.17) is 4.74 Å². The SMILES string of the molecule is Cc1cccc(OCC(=O)N2CCCN(c3ccc([N+](=O)[O-])cn3)CC2)c1C. The van der Waals surface area contributed by atoms with Gasteiger partial charge in [0.1, 0.15) is 17.8 Å². The van der Waals surface area contributed by atoms with Gasteiger partial charge in [-0.2, -0.15) is 0 Å². The van der Waals surface area contributed by atoms with Crippen molar-refractivity contribution in [3.8, 4) is 5.75 Å². The molecular weight excluding hydrogens is 360 g/mol. The second-order valence-corrected chi connectivity index (χ2v) is 6.84. The van der Waals surface area contributed by atoms with Crippen LogP contribution in [-0.4, -0.2) is 53.5 Å². The molecule has 0 unspecified atom stereocenters. The first-order chi connectivity index (χ1) is 13.5. The summed E-state index contributed by atoms with van der Waals surface area (Å²) in [5, 5.41) is 10.8. The van der Waals surface area contributed by atoms with Crippen molar-refractivity contribution >= 4 is 17.4 Å². The zero-order valence-electron chi connectivity index (χ0n) is 16.1. The molecule has 1 aromatic heterocycles. The summed E-state index contributed by atoms with van der Waals surface area (Å²) in [7, 11) is 0. The monoisotopic (exact) mass is 384 g/mol. The molecule has 3 rings (SSSR count). The average molecular weight is 384 g/mol. The minimum atomic E-state index is -0.463. The topological polar surface area (TPSA) is 88.8 Å². The van der Waals surface area contributed by atoms with Gasteiger partial charge in [0.15, 0.2) is 6.61 Å². The molecule has 148 valence electrons. The summed E-state index contributed by atoms with van der Waals surface area (Å²) in [6.45, 7) is 6.59. The fourth-order valence-corrected chi connectivity index (χ4v) is 3.18. The van der Waals surface area contributed by atoms with Gasteiger partial charge >= 0.3 is 0 Å². The maximum absolute atomic E-state index is 12.6. The summed E-state index contributed by atoms with van der Waals surface area (Å²) in [6, 6.07) is 8.91. The van der Waals surface area contributed by atoms with Gasteiger partial charge in [-0.25, -0.2) is 4.98 Å². The number of ether oxygens (including phenoxy) is 1. The van der Waals surface area contributed by atoms with Gasteiger partial charge in [0.2, 0.25) is 0 Å². The molecule has 1 aliphatic heterocycles. The Bertz CT molecular complexity index is 854. The number of carbonyl (C=O) groups is 1. The van der Waals surface area contributed by atoms with Gasteiger partial charge < -0.3 is 14.5 Å². The Morgan fingerprint density at radius 3 is 2.71 bits per heavy atom. The lowest BCUT2D eigenvalue weighted by Crippen LogP contribution is -2.38. The van der Waals surface area contributed by atoms with Crippen molar-refractivity contribution in [2.24, 2.45) is 0 Å². The number of rotatable bonds is 5. The smallest absolute Gasteiger partial charge is 0.287 e. The lowest BCUT2D eigenvalue weighted by Gasteiger charge is -2.23. The van der Waals surface area contributed by atoms with Crippen LogP contribution in [-0.2, 0) is 4.79 Å². The van der Waals surface area contributed by atoms with Crippen molar-refractivity contribution in [2.75, 3.05) is 37.7 Å². The van der Waals surface area contributed by atoms with E-state index >= 15 is 0 Å². The number of aromatic nitrogens is 1. The van der Waals surface area contributed by atoms with Crippen LogP contribution < -0.4 is 9.64 Å². The average Bonchev–Trinajstić information content (AvgIpc) is 2.95. The lowest BCUT2D eigenvalue weighted by molar-refractivity contribution is -0.385. The van der Waals surface area contributed by atoms with Gasteiger partial charge in [0, 0.05) is 32.2 Å². The van der Waals surface area contributed by atoms with Crippen molar-refractivity contribution in [1.82, 2.24) is 9.88 Å². The van der Waals surface area contributed by atoms with E-state index < -0.39 is 4.92 Å². The van der Waals surface area contributed by atoms with E-state index in [9.17, 15) is 14.9 Å². The number of anilines is 1. The summed E-state index contributed by atoms with van der Waals surface area (Å²) >= 11 is 0. The fraction of sp³-hybridized carbons (Fsp3) is 0.400. The molecule has 1 aromatic carbocycles. The second kappa shape index (κ2) is 8.69. The van der Waals surface area contributed by atoms with E-state index in [1.807, 2.05) is 36.9 Å². The lowest BCUT2D eigenvalue weighted by atomic mass is 10.1. The number of hydrogen-bond acceptors (Lipinski definition) is 6. The molecule has 8 heteroatoms. The summed E-state index contributed by atoms with van der Waals surface area (Å²) in [4.78, 5) is 30.9. The predicted octanol–water partition coefficient (Wildman–Crippen LogP) is 2.72. The molecule has 0 spiro atoms. The van der Waals surface area contributed by atoms with Crippen LogP contribution >= 0.6 is 0 Å². The minimum absolute atomic E-state index is 0.0140. The molecule has 1 fully saturated rings. The van der Waals surface area contributed by atoms with E-state index in [0.717, 1.165) is 29.8 Å². The maximum Gasteiger partial charge on any atom is 0.287 e. The standard InChI is InChI=1S/C20H24N4O4/c1-15-5-3-6-18(16(15)2)28-14-20(25)23-10-4-9-22(11-12-23)19-8-7-17(13-21-19)24(26)27/h3,5-8,13H,4,9-12,14H2,1-2H3. The third-order valence-electron chi connectivity index (χ3n) is 5.02. The van der Waals surface area contributed by atoms with E-state index in [1.165, 1.54) is 12.3 Å². The minimum Gasteiger partial charge on any atom is -0.483 e. The van der Waals surface area contributed by atoms with Crippen molar-refractivity contribution < 1.29 is 14.5 Å². The Balaban J connectivity index is 1.56. The molecule has 1 saturated heterocycles. The number of hydrogen-bond donors (Lipinski definition) is 0. The highest BCUT2D eigenvalue weighted by molar-refractivity contribution is 5.78. The van der Waals surface area contributed by atoms with Crippen LogP contribution in [0, 0.1) is 24.0 Å². The number of pyridine rings is 1. The zero-order chi connectivity index (χ0) is 20.1. The van der Waals surface area contributed by atoms with Gasteiger partial charge in [-0.1, -0.05) is 12.1 Å². The largest absolute Gasteiger partial charge is 0.483 e. The Morgan fingerprint density at radius 2 is 2.00 bits per heavy atom. The number of carbonyl (C=O) groups excluding carboxylic acids is 1. The van der Waals surface area contributed by atoms with Crippen molar-refractivity contribution in [2.45, 2.75) is 20.3 Å². The molecule has 0 radical (unpaired) electrons. The van der Waals surface area contributed by atoms with Crippen LogP contribution in [0.25, 0.3) is 0 Å². The van der Waals surface area contributed by atoms with Gasteiger partial charge in [0.05, 0.1) is 4.92 Å². The number of amides is 1. The maximum atomic E-state index is 12.6. The van der Waals surface area contributed by atoms with Crippen molar-refractivity contribution in [3.05, 3.63) is 57.8 Å². The Kier molecular flexibility index (Phi) is 6.08. The number of nitro groups is 1. The Labute approximate surface area is 163 Å². The molecule has 2 heterocycles. The van der Waals surface area contributed by atoms with E-state index in [1.54, 1.807) is 11.0 Å². The fourth-order valence-electron chi connectivity index (χ4n) is 3.18. The molecule has 0 bridgehead atoms. The predicted molar refractivity (Wildman–Crippen MR) is 106 cm³/mol. The molecule has 2 aromatic rings. The van der Waals surface area contributed by atoms with Crippen molar-refractivity contribution in [3.63, 3.8) is 0 Å². The first-order valence-corrected chi connectivity index (χ1v) is 9.28. The highest BCUT2D eigenvalue weighted by atomic mass is 16.6. The third-order valence-corrected chi connectivity index (χ3v) is 5.02. The summed E-state index contributed by atoms with van der Waals surface area (Å²) in [6.07, 6.45) is 2.06. The quantitative estimate of drug-likeness (QED) is 0.582. The van der Waals surface area contributed by atoms with Crippen LogP contribution in [0.2, 0.25) is 0 Å². The van der Waals surface area contributed by atoms with Gasteiger partial charge in [-0.3, -0.25) is 14.9 Å². The molecule has 0 saturated carbocycles. The van der Waals surface area contributed by atoms with Gasteiger partial charge in [-0.05, 0) is 43.5 Å². The molecule has 0 atom stereocenters. The normalized spacial score (nSPS) is 14.5. The third kappa shape index (κ3) is 4.57. The van der Waals surface area contributed by atoms with Crippen LogP contribution in [0.3, 0.4) is 0 Å². The highest BCUT2D eigenvalue weighted by Crippen LogP contribution is 2.21. The molecule has 1 aliphatic rings. The summed E-state index contributed by atoms with van der Waals surface area (Å²) in [5.74, 6) is 1.38. The molecular formula is C20H24N4O4. The van der Waals surface area contributed by atoms with Crippen molar-refractivity contribution in [1.29, 1.82) is 0 Å². The first-order valence-electron chi connectivity index (χ1n) is 9.28. The Morgan fingerprint density at radius 1 is 1.18 bits per heavy atom.